The summed E-state index contributed by atoms with van der Waals surface area (Å²) in [7, 11) is -9.90. The highest BCUT2D eigenvalue weighted by molar-refractivity contribution is 7.47. The fourth-order valence-electron chi connectivity index (χ4n) is 11.4. The van der Waals surface area contributed by atoms with Gasteiger partial charge < -0.3 is 33.8 Å². The third kappa shape index (κ3) is 68.4. The maximum absolute atomic E-state index is 13.1. The molecule has 0 bridgehead atoms. The second-order valence-corrected chi connectivity index (χ2v) is 30.1. The van der Waals surface area contributed by atoms with Crippen LogP contribution in [0.25, 0.3) is 0 Å². The summed E-state index contributed by atoms with van der Waals surface area (Å²) in [5.74, 6) is -1.34. The normalized spacial score (nSPS) is 14.0. The van der Waals surface area contributed by atoms with Gasteiger partial charge in [0, 0.05) is 25.7 Å². The van der Waals surface area contributed by atoms with E-state index in [-0.39, 0.29) is 25.7 Å². The molecule has 0 aromatic carbocycles. The largest absolute Gasteiger partial charge is 0.472 e. The minimum absolute atomic E-state index is 0.107. The molecule has 0 aliphatic rings. The molecule has 0 heterocycles. The lowest BCUT2D eigenvalue weighted by Crippen LogP contribution is -2.30. The van der Waals surface area contributed by atoms with Gasteiger partial charge in [0.2, 0.25) is 0 Å². The van der Waals surface area contributed by atoms with Gasteiger partial charge in [0.1, 0.15) is 19.3 Å². The highest BCUT2D eigenvalue weighted by Gasteiger charge is 2.30. The molecule has 0 aliphatic heterocycles. The monoisotopic (exact) mass is 1370 g/mol. The molecule has 3 N–H and O–H groups in total. The van der Waals surface area contributed by atoms with Crippen molar-refractivity contribution in [2.75, 3.05) is 39.6 Å². The minimum atomic E-state index is -4.95. The van der Waals surface area contributed by atoms with E-state index in [2.05, 4.69) is 34.6 Å². The van der Waals surface area contributed by atoms with Crippen molar-refractivity contribution in [1.82, 2.24) is 0 Å². The van der Waals surface area contributed by atoms with E-state index >= 15 is 0 Å². The topological polar surface area (TPSA) is 237 Å². The van der Waals surface area contributed by atoms with Crippen LogP contribution in [0.3, 0.4) is 0 Å². The number of carbonyl (C=O) groups is 4. The first kappa shape index (κ1) is 91.1. The smallest absolute Gasteiger partial charge is 0.462 e. The molecule has 0 aromatic rings. The van der Waals surface area contributed by atoms with Crippen LogP contribution in [0.15, 0.2) is 0 Å². The van der Waals surface area contributed by atoms with Crippen molar-refractivity contribution in [2.24, 2.45) is 5.92 Å². The summed E-state index contributed by atoms with van der Waals surface area (Å²) in [4.78, 5) is 72.5. The summed E-state index contributed by atoms with van der Waals surface area (Å²) in [5, 5.41) is 10.6. The zero-order valence-corrected chi connectivity index (χ0v) is 62.2. The van der Waals surface area contributed by atoms with Gasteiger partial charge in [0.05, 0.1) is 26.4 Å². The number of aliphatic hydroxyl groups is 1. The van der Waals surface area contributed by atoms with E-state index in [0.717, 1.165) is 102 Å². The van der Waals surface area contributed by atoms with E-state index in [4.69, 9.17) is 37.0 Å². The molecular weight excluding hydrogens is 1220 g/mol. The molecule has 0 spiro atoms. The summed E-state index contributed by atoms with van der Waals surface area (Å²) in [6.45, 7) is 7.21. The van der Waals surface area contributed by atoms with Crippen LogP contribution in [-0.4, -0.2) is 96.7 Å². The van der Waals surface area contributed by atoms with Gasteiger partial charge in [-0.05, 0) is 31.6 Å². The highest BCUT2D eigenvalue weighted by atomic mass is 31.2. The Morgan fingerprint density at radius 2 is 0.495 bits per heavy atom. The second-order valence-electron chi connectivity index (χ2n) is 27.2. The number of aliphatic hydroxyl groups excluding tert-OH is 1. The zero-order valence-electron chi connectivity index (χ0n) is 60.4. The molecule has 0 radical (unpaired) electrons. The predicted molar refractivity (Wildman–Crippen MR) is 377 cm³/mol. The van der Waals surface area contributed by atoms with Crippen LogP contribution >= 0.6 is 15.6 Å². The van der Waals surface area contributed by atoms with Gasteiger partial charge in [0.25, 0.3) is 0 Å². The Morgan fingerprint density at radius 3 is 0.731 bits per heavy atom. The number of hydrogen-bond donors (Lipinski definition) is 3. The number of carbonyl (C=O) groups excluding carboxylic acids is 4. The van der Waals surface area contributed by atoms with Crippen molar-refractivity contribution in [3.63, 3.8) is 0 Å². The van der Waals surface area contributed by atoms with Crippen molar-refractivity contribution in [3.05, 3.63) is 0 Å². The second kappa shape index (κ2) is 67.3. The number of phosphoric acid groups is 2. The van der Waals surface area contributed by atoms with Gasteiger partial charge in [-0.1, -0.05) is 336 Å². The lowest BCUT2D eigenvalue weighted by atomic mass is 10.0. The summed E-state index contributed by atoms with van der Waals surface area (Å²) < 4.78 is 68.3. The molecule has 0 aliphatic carbocycles. The first-order chi connectivity index (χ1) is 45.0. The number of phosphoric ester groups is 2. The predicted octanol–water partition coefficient (Wildman–Crippen LogP) is 21.7. The van der Waals surface area contributed by atoms with Crippen LogP contribution in [-0.2, 0) is 65.4 Å². The van der Waals surface area contributed by atoms with Crippen molar-refractivity contribution >= 4 is 39.5 Å². The molecule has 0 aromatic heterocycles. The first-order valence-electron chi connectivity index (χ1n) is 38.6. The third-order valence-corrected chi connectivity index (χ3v) is 19.2. The standard InChI is InChI=1S/C74H144O17P2/c1-6-9-12-15-17-19-21-23-25-26-27-29-31-37-41-45-50-55-60-74(79)91-70(64-85-72(77)58-53-48-43-39-35-33-32-34-38-42-47-51-56-67(4)5)66-89-93(82,83)87-62-68(75)61-86-92(80,81)88-65-69(63-84-71(76)57-52-46-14-11-8-3)90-73(78)59-54-49-44-40-36-30-28-24-22-20-18-16-13-10-7-2/h67-70,75H,6-66H2,1-5H3,(H,80,81)(H,82,83)/t68-,69+,70+/m0/s1. The van der Waals surface area contributed by atoms with E-state index < -0.39 is 97.5 Å². The molecule has 0 saturated carbocycles. The maximum Gasteiger partial charge on any atom is 0.472 e. The highest BCUT2D eigenvalue weighted by Crippen LogP contribution is 2.45. The third-order valence-electron chi connectivity index (χ3n) is 17.3. The number of unbranched alkanes of at least 4 members (excludes halogenated alkanes) is 46. The van der Waals surface area contributed by atoms with Gasteiger partial charge in [-0.3, -0.25) is 37.3 Å². The van der Waals surface area contributed by atoms with Gasteiger partial charge in [-0.15, -0.1) is 0 Å². The molecule has 5 atom stereocenters. The number of hydrogen-bond acceptors (Lipinski definition) is 15. The van der Waals surface area contributed by atoms with Gasteiger partial charge >= 0.3 is 39.5 Å². The lowest BCUT2D eigenvalue weighted by molar-refractivity contribution is -0.161. The molecule has 19 heteroatoms. The van der Waals surface area contributed by atoms with Crippen molar-refractivity contribution in [2.45, 2.75) is 406 Å². The minimum Gasteiger partial charge on any atom is -0.462 e. The lowest BCUT2D eigenvalue weighted by Gasteiger charge is -2.21. The Bertz CT molecular complexity index is 1790. The summed E-state index contributed by atoms with van der Waals surface area (Å²) in [5.41, 5.74) is 0. The van der Waals surface area contributed by atoms with Crippen molar-refractivity contribution < 1.29 is 80.2 Å². The zero-order chi connectivity index (χ0) is 68.4. The average Bonchev–Trinajstić information content (AvgIpc) is 2.21. The Kier molecular flexibility index (Phi) is 65.9. The van der Waals surface area contributed by atoms with Gasteiger partial charge in [-0.2, -0.15) is 0 Å². The van der Waals surface area contributed by atoms with Crippen molar-refractivity contribution in [1.29, 1.82) is 0 Å². The molecule has 93 heavy (non-hydrogen) atoms. The summed E-state index contributed by atoms with van der Waals surface area (Å²) in [6.07, 6.45) is 55.8. The molecule has 2 unspecified atom stereocenters. The van der Waals surface area contributed by atoms with Gasteiger partial charge in [-0.25, -0.2) is 9.13 Å². The quantitative estimate of drug-likeness (QED) is 0.0222. The molecular formula is C74H144O17P2. The molecule has 0 amide bonds. The van der Waals surface area contributed by atoms with Crippen LogP contribution in [0, 0.1) is 5.92 Å². The molecule has 552 valence electrons. The van der Waals surface area contributed by atoms with Crippen LogP contribution < -0.4 is 0 Å². The Morgan fingerprint density at radius 1 is 0.290 bits per heavy atom. The maximum atomic E-state index is 13.1. The Labute approximate surface area is 568 Å². The van der Waals surface area contributed by atoms with E-state index in [0.29, 0.717) is 25.7 Å². The first-order valence-corrected chi connectivity index (χ1v) is 41.6. The summed E-state index contributed by atoms with van der Waals surface area (Å²) >= 11 is 0. The molecule has 17 nitrogen and oxygen atoms in total. The van der Waals surface area contributed by atoms with E-state index in [1.807, 2.05) is 0 Å². The van der Waals surface area contributed by atoms with E-state index in [9.17, 15) is 43.2 Å². The summed E-state index contributed by atoms with van der Waals surface area (Å²) in [6, 6.07) is 0. The Hall–Kier alpha value is -1.94. The number of esters is 4. The van der Waals surface area contributed by atoms with E-state index in [1.54, 1.807) is 0 Å². The average molecular weight is 1370 g/mol. The van der Waals surface area contributed by atoms with E-state index in [1.165, 1.54) is 205 Å². The SMILES string of the molecule is CCCCCCCCCCCCCCCCCCCCC(=O)O[C@H](COC(=O)CCCCCCCCCCCCCCC(C)C)COP(=O)(O)OC[C@@H](O)COP(=O)(O)OC[C@@H](COC(=O)CCCCCCC)OC(=O)CCCCCCCCCCCCCCCCC. The van der Waals surface area contributed by atoms with Crippen molar-refractivity contribution in [3.8, 4) is 0 Å². The number of rotatable bonds is 74. The molecule has 0 rings (SSSR count). The fourth-order valence-corrected chi connectivity index (χ4v) is 12.9. The van der Waals surface area contributed by atoms with Crippen LogP contribution in [0.5, 0.6) is 0 Å². The van der Waals surface area contributed by atoms with Crippen LogP contribution in [0.4, 0.5) is 0 Å². The molecule has 0 fully saturated rings. The fraction of sp³-hybridized carbons (Fsp3) is 0.946. The van der Waals surface area contributed by atoms with Crippen LogP contribution in [0.1, 0.15) is 388 Å². The Balaban J connectivity index is 5.14. The number of ether oxygens (including phenoxy) is 4. The molecule has 0 saturated heterocycles. The van der Waals surface area contributed by atoms with Crippen LogP contribution in [0.2, 0.25) is 0 Å². The van der Waals surface area contributed by atoms with Gasteiger partial charge in [0.15, 0.2) is 12.2 Å².